The van der Waals surface area contributed by atoms with Gasteiger partial charge in [-0.1, -0.05) is 54.1 Å². The van der Waals surface area contributed by atoms with Gasteiger partial charge in [0.2, 0.25) is 0 Å². The fourth-order valence-electron chi connectivity index (χ4n) is 2.80. The minimum absolute atomic E-state index is 0.205. The van der Waals surface area contributed by atoms with E-state index in [0.29, 0.717) is 16.8 Å². The monoisotopic (exact) mass is 356 g/mol. The summed E-state index contributed by atoms with van der Waals surface area (Å²) in [6.45, 7) is 7.08. The van der Waals surface area contributed by atoms with Gasteiger partial charge in [0.1, 0.15) is 6.07 Å². The lowest BCUT2D eigenvalue weighted by molar-refractivity contribution is -0.139. The van der Waals surface area contributed by atoms with Crippen molar-refractivity contribution in [2.45, 2.75) is 25.9 Å². The van der Waals surface area contributed by atoms with E-state index in [1.54, 1.807) is 38.1 Å². The van der Waals surface area contributed by atoms with E-state index >= 15 is 0 Å². The Balaban J connectivity index is 2.40. The third kappa shape index (κ3) is 4.76. The first-order valence-electron chi connectivity index (χ1n) is 7.99. The van der Waals surface area contributed by atoms with Crippen molar-refractivity contribution in [3.05, 3.63) is 83.1 Å². The number of aryl methyl sites for hydroxylation is 2. The largest absolute Gasteiger partial charge is 0.399 e. The molecule has 2 rings (SSSR count). The number of anilines is 1. The molecule has 26 heavy (non-hydrogen) atoms. The molecule has 5 heteroatoms. The molecule has 0 fully saturated rings. The molecule has 0 saturated heterocycles. The van der Waals surface area contributed by atoms with Gasteiger partial charge in [-0.15, -0.1) is 0 Å². The van der Waals surface area contributed by atoms with Crippen LogP contribution in [-0.4, -0.2) is 6.18 Å². The van der Waals surface area contributed by atoms with Crippen LogP contribution in [-0.2, 0) is 0 Å². The summed E-state index contributed by atoms with van der Waals surface area (Å²) in [7, 11) is 0. The number of nitriles is 1. The normalized spacial score (nSPS) is 12.6. The van der Waals surface area contributed by atoms with Crippen LogP contribution in [0.15, 0.2) is 55.3 Å². The van der Waals surface area contributed by atoms with Gasteiger partial charge >= 0.3 is 6.18 Å². The second-order valence-electron chi connectivity index (χ2n) is 6.06. The second-order valence-corrected chi connectivity index (χ2v) is 6.06. The van der Waals surface area contributed by atoms with E-state index in [1.165, 1.54) is 18.3 Å². The summed E-state index contributed by atoms with van der Waals surface area (Å²) >= 11 is 0. The third-order valence-corrected chi connectivity index (χ3v) is 3.86. The number of halogens is 3. The van der Waals surface area contributed by atoms with Crippen molar-refractivity contribution in [1.29, 1.82) is 5.26 Å². The molecule has 0 radical (unpaired) electrons. The molecule has 2 nitrogen and oxygen atoms in total. The highest BCUT2D eigenvalue weighted by Gasteiger charge is 2.39. The van der Waals surface area contributed by atoms with Crippen LogP contribution in [0, 0.1) is 25.2 Å². The molecule has 0 aromatic heterocycles. The van der Waals surface area contributed by atoms with Gasteiger partial charge in [-0.3, -0.25) is 0 Å². The van der Waals surface area contributed by atoms with Crippen molar-refractivity contribution >= 4 is 11.8 Å². The zero-order chi connectivity index (χ0) is 19.3. The summed E-state index contributed by atoms with van der Waals surface area (Å²) in [5.41, 5.74) is 3.19. The van der Waals surface area contributed by atoms with Gasteiger partial charge in [0, 0.05) is 0 Å². The number of nitrogens with zero attached hydrogens (tertiary/aromatic N) is 1. The Morgan fingerprint density at radius 1 is 1.12 bits per heavy atom. The summed E-state index contributed by atoms with van der Waals surface area (Å²) < 4.78 is 40.7. The van der Waals surface area contributed by atoms with Crippen molar-refractivity contribution in [1.82, 2.24) is 0 Å². The van der Waals surface area contributed by atoms with Crippen LogP contribution in [0.5, 0.6) is 0 Å². The number of hydrogen-bond donors (Lipinski definition) is 1. The fraction of sp³-hybridized carbons (Fsp3) is 0.190. The molecule has 2 aromatic carbocycles. The SMILES string of the molecule is C=CNc1ccc(/C=C/C(c2cc(C)cc(C)c2)C(F)(F)F)cc1C#N. The van der Waals surface area contributed by atoms with Crippen molar-refractivity contribution in [2.24, 2.45) is 0 Å². The van der Waals surface area contributed by atoms with Crippen LogP contribution in [0.2, 0.25) is 0 Å². The molecule has 1 N–H and O–H groups in total. The predicted molar refractivity (Wildman–Crippen MR) is 98.7 cm³/mol. The van der Waals surface area contributed by atoms with Crippen LogP contribution in [0.1, 0.15) is 33.7 Å². The van der Waals surface area contributed by atoms with E-state index in [4.69, 9.17) is 0 Å². The topological polar surface area (TPSA) is 35.8 Å². The summed E-state index contributed by atoms with van der Waals surface area (Å²) in [5, 5.41) is 12.0. The van der Waals surface area contributed by atoms with Gasteiger partial charge in [-0.2, -0.15) is 18.4 Å². The molecule has 0 amide bonds. The van der Waals surface area contributed by atoms with Crippen LogP contribution in [0.4, 0.5) is 18.9 Å². The fourth-order valence-corrected chi connectivity index (χ4v) is 2.80. The molecule has 0 bridgehead atoms. The van der Waals surface area contributed by atoms with E-state index < -0.39 is 12.1 Å². The van der Waals surface area contributed by atoms with Gasteiger partial charge in [-0.25, -0.2) is 0 Å². The van der Waals surface area contributed by atoms with Crippen molar-refractivity contribution in [3.63, 3.8) is 0 Å². The quantitative estimate of drug-likeness (QED) is 0.704. The van der Waals surface area contributed by atoms with E-state index in [2.05, 4.69) is 11.9 Å². The number of rotatable bonds is 5. The summed E-state index contributed by atoms with van der Waals surface area (Å²) in [5.74, 6) is -1.71. The average Bonchev–Trinajstić information content (AvgIpc) is 2.54. The van der Waals surface area contributed by atoms with Gasteiger partial charge in [-0.05, 0) is 43.3 Å². The van der Waals surface area contributed by atoms with Crippen LogP contribution < -0.4 is 5.32 Å². The zero-order valence-electron chi connectivity index (χ0n) is 14.6. The van der Waals surface area contributed by atoms with Crippen molar-refractivity contribution in [3.8, 4) is 6.07 Å². The first-order valence-corrected chi connectivity index (χ1v) is 7.99. The molecular formula is C21H19F3N2. The predicted octanol–water partition coefficient (Wildman–Crippen LogP) is 6.09. The molecule has 2 aromatic rings. The highest BCUT2D eigenvalue weighted by Crippen LogP contribution is 2.37. The lowest BCUT2D eigenvalue weighted by Gasteiger charge is -2.18. The van der Waals surface area contributed by atoms with Crippen LogP contribution in [0.3, 0.4) is 0 Å². The van der Waals surface area contributed by atoms with Gasteiger partial charge < -0.3 is 5.32 Å². The molecule has 0 saturated carbocycles. The molecular weight excluding hydrogens is 337 g/mol. The Labute approximate surface area is 151 Å². The molecule has 0 heterocycles. The zero-order valence-corrected chi connectivity index (χ0v) is 14.6. The Morgan fingerprint density at radius 3 is 2.31 bits per heavy atom. The van der Waals surface area contributed by atoms with Gasteiger partial charge in [0.15, 0.2) is 0 Å². The highest BCUT2D eigenvalue weighted by molar-refractivity contribution is 5.64. The number of allylic oxidation sites excluding steroid dienone is 1. The Morgan fingerprint density at radius 2 is 1.77 bits per heavy atom. The molecule has 0 aliphatic heterocycles. The summed E-state index contributed by atoms with van der Waals surface area (Å²) in [6, 6.07) is 11.8. The number of nitrogens with one attached hydrogen (secondary N) is 1. The average molecular weight is 356 g/mol. The molecule has 134 valence electrons. The molecule has 1 unspecified atom stereocenters. The van der Waals surface area contributed by atoms with E-state index in [1.807, 2.05) is 12.1 Å². The van der Waals surface area contributed by atoms with E-state index in [9.17, 15) is 18.4 Å². The molecule has 1 atom stereocenters. The number of alkyl halides is 3. The lowest BCUT2D eigenvalue weighted by atomic mass is 9.94. The maximum atomic E-state index is 13.6. The van der Waals surface area contributed by atoms with E-state index in [0.717, 1.165) is 17.2 Å². The third-order valence-electron chi connectivity index (χ3n) is 3.86. The Hall–Kier alpha value is -3.00. The standard InChI is InChI=1S/C21H19F3N2/c1-4-26-20-8-6-16(12-18(20)13-25)5-7-19(21(22,23)24)17-10-14(2)9-15(3)11-17/h4-12,19,26H,1H2,2-3H3/b7-5+. The van der Waals surface area contributed by atoms with Crippen LogP contribution in [0.25, 0.3) is 6.08 Å². The molecule has 0 aliphatic rings. The Bertz CT molecular complexity index is 854. The second kappa shape index (κ2) is 7.92. The molecule has 0 spiro atoms. The van der Waals surface area contributed by atoms with Gasteiger partial charge in [0.25, 0.3) is 0 Å². The Kier molecular flexibility index (Phi) is 5.89. The van der Waals surface area contributed by atoms with Crippen LogP contribution >= 0.6 is 0 Å². The molecule has 0 aliphatic carbocycles. The summed E-state index contributed by atoms with van der Waals surface area (Å²) in [4.78, 5) is 0. The first kappa shape index (κ1) is 19.3. The highest BCUT2D eigenvalue weighted by atomic mass is 19.4. The maximum absolute atomic E-state index is 13.6. The smallest absolute Gasteiger partial charge is 0.361 e. The number of hydrogen-bond acceptors (Lipinski definition) is 2. The summed E-state index contributed by atoms with van der Waals surface area (Å²) in [6.07, 6.45) is -0.440. The first-order chi connectivity index (χ1) is 12.2. The maximum Gasteiger partial charge on any atom is 0.399 e. The number of benzene rings is 2. The minimum Gasteiger partial charge on any atom is -0.361 e. The lowest BCUT2D eigenvalue weighted by Crippen LogP contribution is -2.19. The van der Waals surface area contributed by atoms with Crippen molar-refractivity contribution < 1.29 is 13.2 Å². The van der Waals surface area contributed by atoms with Crippen molar-refractivity contribution in [2.75, 3.05) is 5.32 Å². The minimum atomic E-state index is -4.40. The van der Waals surface area contributed by atoms with E-state index in [-0.39, 0.29) is 5.56 Å². The van der Waals surface area contributed by atoms with Gasteiger partial charge in [0.05, 0.1) is 17.2 Å².